The number of hydrogen-bond donors (Lipinski definition) is 1. The van der Waals surface area contributed by atoms with Crippen LogP contribution in [-0.4, -0.2) is 54.0 Å². The molecule has 0 bridgehead atoms. The summed E-state index contributed by atoms with van der Waals surface area (Å²) >= 11 is 0. The quantitative estimate of drug-likeness (QED) is 0.862. The Morgan fingerprint density at radius 2 is 1.82 bits per heavy atom. The SMILES string of the molecule is CC(C)NC(=O)N1CCOc2ccc(CCC(=O)N3CCCCCC3)cc2C1. The topological polar surface area (TPSA) is 61.9 Å². The molecule has 1 saturated heterocycles. The standard InChI is InChI=1S/C22H33N3O3/c1-17(2)23-22(27)25-13-14-28-20-9-7-18(15-19(20)16-25)8-10-21(26)24-11-5-3-4-6-12-24/h7,9,15,17H,3-6,8,10-14,16H2,1-2H3,(H,23,27). The third-order valence-corrected chi connectivity index (χ3v) is 5.39. The molecular weight excluding hydrogens is 354 g/mol. The summed E-state index contributed by atoms with van der Waals surface area (Å²) in [7, 11) is 0. The lowest BCUT2D eigenvalue weighted by Crippen LogP contribution is -2.43. The van der Waals surface area contributed by atoms with Gasteiger partial charge in [0.15, 0.2) is 0 Å². The predicted octanol–water partition coefficient (Wildman–Crippen LogP) is 3.33. The normalized spacial score (nSPS) is 17.4. The number of nitrogens with zero attached hydrogens (tertiary/aromatic N) is 2. The van der Waals surface area contributed by atoms with Crippen LogP contribution >= 0.6 is 0 Å². The van der Waals surface area contributed by atoms with Gasteiger partial charge >= 0.3 is 6.03 Å². The van der Waals surface area contributed by atoms with Gasteiger partial charge in [0, 0.05) is 31.1 Å². The number of aryl methyl sites for hydroxylation is 1. The van der Waals surface area contributed by atoms with Crippen molar-refractivity contribution in [1.82, 2.24) is 15.1 Å². The average Bonchev–Trinajstić information content (AvgIpc) is 3.06. The second kappa shape index (κ2) is 9.80. The van der Waals surface area contributed by atoms with E-state index in [1.54, 1.807) is 4.90 Å². The fraction of sp³-hybridized carbons (Fsp3) is 0.636. The zero-order valence-electron chi connectivity index (χ0n) is 17.2. The first kappa shape index (κ1) is 20.5. The van der Waals surface area contributed by atoms with E-state index in [1.165, 1.54) is 12.8 Å². The van der Waals surface area contributed by atoms with Gasteiger partial charge in [-0.25, -0.2) is 4.79 Å². The molecule has 1 aromatic carbocycles. The van der Waals surface area contributed by atoms with E-state index >= 15 is 0 Å². The van der Waals surface area contributed by atoms with Crippen molar-refractivity contribution in [1.29, 1.82) is 0 Å². The fourth-order valence-electron chi connectivity index (χ4n) is 3.84. The van der Waals surface area contributed by atoms with Crippen molar-refractivity contribution in [2.24, 2.45) is 0 Å². The van der Waals surface area contributed by atoms with Crippen LogP contribution in [0.2, 0.25) is 0 Å². The molecule has 6 nitrogen and oxygen atoms in total. The van der Waals surface area contributed by atoms with Crippen molar-refractivity contribution in [2.75, 3.05) is 26.2 Å². The number of urea groups is 1. The van der Waals surface area contributed by atoms with Crippen LogP contribution in [0.15, 0.2) is 18.2 Å². The summed E-state index contributed by atoms with van der Waals surface area (Å²) < 4.78 is 5.83. The second-order valence-corrected chi connectivity index (χ2v) is 8.11. The summed E-state index contributed by atoms with van der Waals surface area (Å²) in [6.45, 7) is 7.30. The van der Waals surface area contributed by atoms with Gasteiger partial charge in [-0.15, -0.1) is 0 Å². The first-order valence-electron chi connectivity index (χ1n) is 10.6. The van der Waals surface area contributed by atoms with Crippen LogP contribution in [0, 0.1) is 0 Å². The minimum absolute atomic E-state index is 0.0619. The molecule has 154 valence electrons. The minimum atomic E-state index is -0.0619. The molecule has 3 amide bonds. The third-order valence-electron chi connectivity index (χ3n) is 5.39. The Kier molecular flexibility index (Phi) is 7.18. The number of fused-ring (bicyclic) bond motifs is 1. The molecule has 0 spiro atoms. The fourth-order valence-corrected chi connectivity index (χ4v) is 3.84. The molecule has 0 aliphatic carbocycles. The van der Waals surface area contributed by atoms with E-state index in [0.717, 1.165) is 49.2 Å². The molecule has 3 rings (SSSR count). The number of carbonyl (C=O) groups is 2. The number of rotatable bonds is 4. The van der Waals surface area contributed by atoms with Crippen LogP contribution < -0.4 is 10.1 Å². The van der Waals surface area contributed by atoms with Crippen molar-refractivity contribution >= 4 is 11.9 Å². The lowest BCUT2D eigenvalue weighted by molar-refractivity contribution is -0.131. The average molecular weight is 388 g/mol. The molecule has 0 unspecified atom stereocenters. The van der Waals surface area contributed by atoms with Gasteiger partial charge in [0.2, 0.25) is 5.91 Å². The Morgan fingerprint density at radius 1 is 1.07 bits per heavy atom. The maximum Gasteiger partial charge on any atom is 0.318 e. The van der Waals surface area contributed by atoms with E-state index in [0.29, 0.717) is 26.1 Å². The van der Waals surface area contributed by atoms with E-state index in [1.807, 2.05) is 30.9 Å². The van der Waals surface area contributed by atoms with Crippen molar-refractivity contribution in [2.45, 2.75) is 65.0 Å². The summed E-state index contributed by atoms with van der Waals surface area (Å²) in [6, 6.07) is 6.15. The molecule has 2 aliphatic heterocycles. The highest BCUT2D eigenvalue weighted by atomic mass is 16.5. The van der Waals surface area contributed by atoms with Crippen LogP contribution in [0.1, 0.15) is 57.1 Å². The smallest absolute Gasteiger partial charge is 0.318 e. The van der Waals surface area contributed by atoms with Crippen LogP contribution in [-0.2, 0) is 17.8 Å². The maximum absolute atomic E-state index is 12.6. The van der Waals surface area contributed by atoms with E-state index in [4.69, 9.17) is 4.74 Å². The van der Waals surface area contributed by atoms with E-state index in [-0.39, 0.29) is 18.0 Å². The summed E-state index contributed by atoms with van der Waals surface area (Å²) in [5.74, 6) is 1.09. The Morgan fingerprint density at radius 3 is 2.54 bits per heavy atom. The number of benzene rings is 1. The minimum Gasteiger partial charge on any atom is -0.491 e. The van der Waals surface area contributed by atoms with Crippen LogP contribution in [0.4, 0.5) is 4.79 Å². The highest BCUT2D eigenvalue weighted by Gasteiger charge is 2.21. The zero-order valence-corrected chi connectivity index (χ0v) is 17.2. The van der Waals surface area contributed by atoms with Gasteiger partial charge in [-0.05, 0) is 44.7 Å². The maximum atomic E-state index is 12.6. The third kappa shape index (κ3) is 5.63. The van der Waals surface area contributed by atoms with Gasteiger partial charge in [-0.1, -0.05) is 25.0 Å². The van der Waals surface area contributed by atoms with Gasteiger partial charge < -0.3 is 19.9 Å². The molecular formula is C22H33N3O3. The molecule has 6 heteroatoms. The van der Waals surface area contributed by atoms with Crippen molar-refractivity contribution in [3.05, 3.63) is 29.3 Å². The van der Waals surface area contributed by atoms with E-state index < -0.39 is 0 Å². The highest BCUT2D eigenvalue weighted by Crippen LogP contribution is 2.25. The van der Waals surface area contributed by atoms with Gasteiger partial charge in [0.05, 0.1) is 13.1 Å². The van der Waals surface area contributed by atoms with Gasteiger partial charge in [-0.2, -0.15) is 0 Å². The molecule has 0 atom stereocenters. The van der Waals surface area contributed by atoms with Crippen LogP contribution in [0.5, 0.6) is 5.75 Å². The molecule has 2 aliphatic rings. The van der Waals surface area contributed by atoms with Crippen molar-refractivity contribution < 1.29 is 14.3 Å². The first-order valence-corrected chi connectivity index (χ1v) is 10.6. The van der Waals surface area contributed by atoms with Crippen LogP contribution in [0.3, 0.4) is 0 Å². The lowest BCUT2D eigenvalue weighted by atomic mass is 10.0. The summed E-state index contributed by atoms with van der Waals surface area (Å²) in [5.41, 5.74) is 2.13. The number of nitrogens with one attached hydrogen (secondary N) is 1. The molecule has 1 N–H and O–H groups in total. The van der Waals surface area contributed by atoms with Gasteiger partial charge in [0.25, 0.3) is 0 Å². The van der Waals surface area contributed by atoms with Crippen LogP contribution in [0.25, 0.3) is 0 Å². The van der Waals surface area contributed by atoms with Gasteiger partial charge in [-0.3, -0.25) is 4.79 Å². The Labute approximate surface area is 168 Å². The Hall–Kier alpha value is -2.24. The molecule has 0 aromatic heterocycles. The molecule has 28 heavy (non-hydrogen) atoms. The Bertz CT molecular complexity index is 682. The largest absolute Gasteiger partial charge is 0.491 e. The number of carbonyl (C=O) groups excluding carboxylic acids is 2. The predicted molar refractivity (Wildman–Crippen MR) is 109 cm³/mol. The van der Waals surface area contributed by atoms with E-state index in [2.05, 4.69) is 11.4 Å². The number of ether oxygens (including phenoxy) is 1. The zero-order chi connectivity index (χ0) is 19.9. The molecule has 0 radical (unpaired) electrons. The lowest BCUT2D eigenvalue weighted by Gasteiger charge is -2.22. The molecule has 0 saturated carbocycles. The highest BCUT2D eigenvalue weighted by molar-refractivity contribution is 5.76. The summed E-state index contributed by atoms with van der Waals surface area (Å²) in [5, 5.41) is 2.95. The van der Waals surface area contributed by atoms with Crippen molar-refractivity contribution in [3.8, 4) is 5.75 Å². The first-order chi connectivity index (χ1) is 13.5. The number of amides is 3. The van der Waals surface area contributed by atoms with Gasteiger partial charge in [0.1, 0.15) is 12.4 Å². The molecule has 2 heterocycles. The second-order valence-electron chi connectivity index (χ2n) is 8.11. The molecule has 1 fully saturated rings. The number of hydrogen-bond acceptors (Lipinski definition) is 3. The van der Waals surface area contributed by atoms with Crippen molar-refractivity contribution in [3.63, 3.8) is 0 Å². The summed E-state index contributed by atoms with van der Waals surface area (Å²) in [4.78, 5) is 28.8. The number of likely N-dealkylation sites (tertiary alicyclic amines) is 1. The molecule has 1 aromatic rings. The Balaban J connectivity index is 1.61. The monoisotopic (exact) mass is 387 g/mol. The van der Waals surface area contributed by atoms with E-state index in [9.17, 15) is 9.59 Å². The summed E-state index contributed by atoms with van der Waals surface area (Å²) in [6.07, 6.45) is 5.97.